The minimum Gasteiger partial charge on any atom is -0.504 e. The number of carboxylic acid groups (broad SMARTS) is 1. The maximum Gasteiger partial charge on any atom is 0.416 e. The van der Waals surface area contributed by atoms with E-state index >= 15 is 0 Å². The van der Waals surface area contributed by atoms with Crippen molar-refractivity contribution >= 4 is 27.9 Å². The quantitative estimate of drug-likeness (QED) is 0.587. The van der Waals surface area contributed by atoms with Gasteiger partial charge in [0.15, 0.2) is 11.5 Å². The number of aromatic hydroxyl groups is 1. The first-order valence-corrected chi connectivity index (χ1v) is 7.03. The average molecular weight is 324 g/mol. The van der Waals surface area contributed by atoms with Crippen LogP contribution in [0.25, 0.3) is 27.6 Å². The largest absolute Gasteiger partial charge is 0.504 e. The fourth-order valence-corrected chi connectivity index (χ4v) is 2.91. The van der Waals surface area contributed by atoms with Crippen molar-refractivity contribution in [3.8, 4) is 17.3 Å². The Morgan fingerprint density at radius 3 is 2.75 bits per heavy atom. The van der Waals surface area contributed by atoms with Crippen LogP contribution in [0.2, 0.25) is 0 Å². The van der Waals surface area contributed by atoms with E-state index in [1.807, 2.05) is 0 Å². The molecule has 0 atom stereocenters. The second-order valence-corrected chi connectivity index (χ2v) is 5.16. The molecule has 2 N–H and O–H groups in total. The van der Waals surface area contributed by atoms with Crippen molar-refractivity contribution in [1.29, 1.82) is 0 Å². The molecule has 0 saturated carbocycles. The van der Waals surface area contributed by atoms with Crippen LogP contribution in [-0.2, 0) is 0 Å². The van der Waals surface area contributed by atoms with E-state index in [4.69, 9.17) is 4.74 Å². The molecule has 0 bridgehead atoms. The number of hydrogen-bond acceptors (Lipinski definition) is 5. The van der Waals surface area contributed by atoms with Gasteiger partial charge in [-0.15, -0.1) is 0 Å². The number of ether oxygens (including phenoxy) is 1. The van der Waals surface area contributed by atoms with E-state index in [1.165, 1.54) is 19.4 Å². The van der Waals surface area contributed by atoms with Crippen LogP contribution in [0.15, 0.2) is 43.1 Å². The average Bonchev–Trinajstić information content (AvgIpc) is 3.19. The zero-order valence-electron chi connectivity index (χ0n) is 12.5. The van der Waals surface area contributed by atoms with Gasteiger partial charge in [-0.25, -0.2) is 19.3 Å². The summed E-state index contributed by atoms with van der Waals surface area (Å²) in [5.74, 6) is 0.669. The van der Waals surface area contributed by atoms with Crippen LogP contribution in [0.4, 0.5) is 4.79 Å². The van der Waals surface area contributed by atoms with E-state index in [0.29, 0.717) is 27.6 Å². The lowest BCUT2D eigenvalue weighted by Gasteiger charge is -2.05. The van der Waals surface area contributed by atoms with Gasteiger partial charge in [-0.2, -0.15) is 0 Å². The normalized spacial score (nSPS) is 11.2. The molecule has 4 aromatic rings. The molecule has 0 saturated heterocycles. The summed E-state index contributed by atoms with van der Waals surface area (Å²) in [6.45, 7) is 0. The fraction of sp³-hybridized carbons (Fsp3) is 0.0625. The topological polar surface area (TPSA) is 102 Å². The summed E-state index contributed by atoms with van der Waals surface area (Å²) in [5.41, 5.74) is 0.814. The van der Waals surface area contributed by atoms with Crippen LogP contribution in [0.5, 0.6) is 11.5 Å². The van der Waals surface area contributed by atoms with Gasteiger partial charge in [-0.3, -0.25) is 4.57 Å². The standard InChI is InChI=1S/C16H12N4O4/c1-24-13-6-9-11(7-12(13)21)20(16(22)23)10-2-3-18-15(14(9)10)19-5-4-17-8-19/h2-8,21H,1H3,(H,22,23). The molecule has 0 aliphatic carbocycles. The maximum atomic E-state index is 11.8. The Kier molecular flexibility index (Phi) is 2.92. The van der Waals surface area contributed by atoms with Crippen molar-refractivity contribution in [2.45, 2.75) is 0 Å². The summed E-state index contributed by atoms with van der Waals surface area (Å²) in [6, 6.07) is 4.60. The maximum absolute atomic E-state index is 11.8. The Hall–Kier alpha value is -3.55. The van der Waals surface area contributed by atoms with Gasteiger partial charge in [-0.1, -0.05) is 0 Å². The first kappa shape index (κ1) is 14.1. The number of phenols is 1. The van der Waals surface area contributed by atoms with E-state index in [-0.39, 0.29) is 11.5 Å². The fourth-order valence-electron chi connectivity index (χ4n) is 2.91. The summed E-state index contributed by atoms with van der Waals surface area (Å²) in [7, 11) is 1.44. The molecule has 0 spiro atoms. The Labute approximate surface area is 135 Å². The third-order valence-electron chi connectivity index (χ3n) is 3.90. The Morgan fingerprint density at radius 1 is 1.25 bits per heavy atom. The number of pyridine rings is 1. The molecule has 0 amide bonds. The Morgan fingerprint density at radius 2 is 2.08 bits per heavy atom. The number of carbonyl (C=O) groups is 1. The highest BCUT2D eigenvalue weighted by molar-refractivity contribution is 6.15. The minimum absolute atomic E-state index is 0.132. The zero-order valence-corrected chi connectivity index (χ0v) is 12.5. The predicted octanol–water partition coefficient (Wildman–Crippen LogP) is 2.62. The van der Waals surface area contributed by atoms with Gasteiger partial charge in [0.1, 0.15) is 12.1 Å². The zero-order chi connectivity index (χ0) is 16.8. The van der Waals surface area contributed by atoms with Crippen molar-refractivity contribution in [3.05, 3.63) is 43.1 Å². The van der Waals surface area contributed by atoms with E-state index in [2.05, 4.69) is 9.97 Å². The van der Waals surface area contributed by atoms with E-state index in [9.17, 15) is 15.0 Å². The summed E-state index contributed by atoms with van der Waals surface area (Å²) in [5, 5.41) is 20.9. The molecule has 0 unspecified atom stereocenters. The summed E-state index contributed by atoms with van der Waals surface area (Å²) in [4.78, 5) is 20.1. The molecule has 3 heterocycles. The van der Waals surface area contributed by atoms with Gasteiger partial charge < -0.3 is 14.9 Å². The molecule has 24 heavy (non-hydrogen) atoms. The third-order valence-corrected chi connectivity index (χ3v) is 3.90. The van der Waals surface area contributed by atoms with Crippen LogP contribution >= 0.6 is 0 Å². The van der Waals surface area contributed by atoms with Crippen molar-refractivity contribution in [2.75, 3.05) is 7.11 Å². The molecule has 1 aromatic carbocycles. The van der Waals surface area contributed by atoms with Crippen molar-refractivity contribution in [3.63, 3.8) is 0 Å². The summed E-state index contributed by atoms with van der Waals surface area (Å²) < 4.78 is 7.97. The lowest BCUT2D eigenvalue weighted by Crippen LogP contribution is -2.07. The Bertz CT molecular complexity index is 1080. The third kappa shape index (κ3) is 1.83. The molecule has 8 heteroatoms. The molecule has 4 rings (SSSR count). The monoisotopic (exact) mass is 324 g/mol. The molecule has 0 aliphatic rings. The SMILES string of the molecule is COc1cc2c3c(-n4ccnc4)nccc3n(C(=O)O)c2cc1O. The van der Waals surface area contributed by atoms with Crippen LogP contribution in [0, 0.1) is 0 Å². The molecule has 0 radical (unpaired) electrons. The van der Waals surface area contributed by atoms with Gasteiger partial charge in [0.05, 0.1) is 23.5 Å². The number of hydrogen-bond donors (Lipinski definition) is 2. The molecule has 0 fully saturated rings. The van der Waals surface area contributed by atoms with Gasteiger partial charge in [0.2, 0.25) is 0 Å². The minimum atomic E-state index is -1.15. The number of fused-ring (bicyclic) bond motifs is 3. The highest BCUT2D eigenvalue weighted by Crippen LogP contribution is 2.38. The lowest BCUT2D eigenvalue weighted by molar-refractivity contribution is 0.198. The number of phenolic OH excluding ortho intramolecular Hbond substituents is 1. The predicted molar refractivity (Wildman–Crippen MR) is 86.0 cm³/mol. The summed E-state index contributed by atoms with van der Waals surface area (Å²) in [6.07, 6.45) is 5.31. The second kappa shape index (κ2) is 4.98. The van der Waals surface area contributed by atoms with Crippen molar-refractivity contribution in [2.24, 2.45) is 0 Å². The molecular formula is C16H12N4O4. The van der Waals surface area contributed by atoms with E-state index in [1.54, 1.807) is 35.4 Å². The van der Waals surface area contributed by atoms with E-state index in [0.717, 1.165) is 4.57 Å². The number of rotatable bonds is 2. The number of aromatic nitrogens is 4. The van der Waals surface area contributed by atoms with Gasteiger partial charge in [-0.05, 0) is 12.1 Å². The van der Waals surface area contributed by atoms with Crippen LogP contribution in [0.1, 0.15) is 0 Å². The molecule has 3 aromatic heterocycles. The van der Waals surface area contributed by atoms with Gasteiger partial charge in [0.25, 0.3) is 0 Å². The summed E-state index contributed by atoms with van der Waals surface area (Å²) >= 11 is 0. The number of benzene rings is 1. The second-order valence-electron chi connectivity index (χ2n) is 5.16. The number of methoxy groups -OCH3 is 1. The highest BCUT2D eigenvalue weighted by Gasteiger charge is 2.21. The molecule has 120 valence electrons. The molecular weight excluding hydrogens is 312 g/mol. The van der Waals surface area contributed by atoms with Crippen molar-refractivity contribution < 1.29 is 19.7 Å². The highest BCUT2D eigenvalue weighted by atomic mass is 16.5. The van der Waals surface area contributed by atoms with Crippen LogP contribution < -0.4 is 4.74 Å². The first-order valence-electron chi connectivity index (χ1n) is 7.03. The number of nitrogens with zero attached hydrogens (tertiary/aromatic N) is 4. The van der Waals surface area contributed by atoms with Crippen LogP contribution in [0.3, 0.4) is 0 Å². The van der Waals surface area contributed by atoms with Crippen molar-refractivity contribution in [1.82, 2.24) is 19.1 Å². The molecule has 8 nitrogen and oxygen atoms in total. The Balaban J connectivity index is 2.24. The van der Waals surface area contributed by atoms with Gasteiger partial charge in [0, 0.05) is 30.0 Å². The smallest absolute Gasteiger partial charge is 0.416 e. The van der Waals surface area contributed by atoms with E-state index < -0.39 is 6.09 Å². The molecule has 0 aliphatic heterocycles. The lowest BCUT2D eigenvalue weighted by atomic mass is 10.1. The van der Waals surface area contributed by atoms with Crippen LogP contribution in [-0.4, -0.2) is 42.5 Å². The van der Waals surface area contributed by atoms with Gasteiger partial charge >= 0.3 is 6.09 Å². The first-order chi connectivity index (χ1) is 11.6. The number of imidazole rings is 1.